The van der Waals surface area contributed by atoms with E-state index in [2.05, 4.69) is 5.92 Å². The number of rotatable bonds is 4. The molecule has 1 saturated carbocycles. The van der Waals surface area contributed by atoms with Gasteiger partial charge in [-0.3, -0.25) is 0 Å². The Morgan fingerprint density at radius 1 is 1.54 bits per heavy atom. The predicted molar refractivity (Wildman–Crippen MR) is 52.3 cm³/mol. The number of hydrogen-bond donors (Lipinski definition) is 1. The van der Waals surface area contributed by atoms with Gasteiger partial charge in [0.15, 0.2) is 0 Å². The second kappa shape index (κ2) is 4.64. The fraction of sp³-hybridized carbons (Fsp3) is 0.818. The lowest BCUT2D eigenvalue weighted by Gasteiger charge is -2.32. The first-order valence-electron chi connectivity index (χ1n) is 4.92. The molecule has 1 aliphatic carbocycles. The predicted octanol–water partition coefficient (Wildman–Crippen LogP) is 1.72. The first-order chi connectivity index (χ1) is 6.25. The van der Waals surface area contributed by atoms with Crippen LogP contribution >= 0.6 is 0 Å². The van der Waals surface area contributed by atoms with Gasteiger partial charge in [0, 0.05) is 13.5 Å². The smallest absolute Gasteiger partial charge is 0.0936 e. The maximum absolute atomic E-state index is 9.91. The Labute approximate surface area is 80.3 Å². The van der Waals surface area contributed by atoms with E-state index in [4.69, 9.17) is 11.2 Å². The molecule has 1 fully saturated rings. The van der Waals surface area contributed by atoms with Crippen LogP contribution in [-0.2, 0) is 4.74 Å². The number of terminal acetylenes is 1. The van der Waals surface area contributed by atoms with E-state index in [1.807, 2.05) is 0 Å². The van der Waals surface area contributed by atoms with Crippen molar-refractivity contribution in [3.63, 3.8) is 0 Å². The second-order valence-corrected chi connectivity index (χ2v) is 3.73. The Balaban J connectivity index is 2.50. The van der Waals surface area contributed by atoms with Gasteiger partial charge in [-0.15, -0.1) is 12.3 Å². The topological polar surface area (TPSA) is 29.5 Å². The van der Waals surface area contributed by atoms with Gasteiger partial charge in [0.25, 0.3) is 0 Å². The number of hydrogen-bond acceptors (Lipinski definition) is 2. The lowest BCUT2D eigenvalue weighted by molar-refractivity contribution is -0.0997. The van der Waals surface area contributed by atoms with Crippen LogP contribution in [0.4, 0.5) is 0 Å². The van der Waals surface area contributed by atoms with Crippen LogP contribution in [0.1, 0.15) is 38.5 Å². The molecule has 1 aliphatic rings. The molecule has 1 atom stereocenters. The van der Waals surface area contributed by atoms with Crippen molar-refractivity contribution in [3.05, 3.63) is 0 Å². The first kappa shape index (κ1) is 10.6. The van der Waals surface area contributed by atoms with Crippen LogP contribution in [0.15, 0.2) is 0 Å². The van der Waals surface area contributed by atoms with E-state index in [0.717, 1.165) is 25.7 Å². The minimum Gasteiger partial charge on any atom is -0.390 e. The highest BCUT2D eigenvalue weighted by Crippen LogP contribution is 2.36. The Morgan fingerprint density at radius 3 is 2.62 bits per heavy atom. The molecule has 2 nitrogen and oxygen atoms in total. The van der Waals surface area contributed by atoms with Crippen molar-refractivity contribution in [1.82, 2.24) is 0 Å². The van der Waals surface area contributed by atoms with E-state index in [1.165, 1.54) is 0 Å². The maximum atomic E-state index is 9.91. The van der Waals surface area contributed by atoms with Crippen LogP contribution in [0, 0.1) is 12.3 Å². The molecule has 2 heteroatoms. The third kappa shape index (κ3) is 2.24. The zero-order chi connectivity index (χ0) is 9.73. The minimum atomic E-state index is -0.393. The van der Waals surface area contributed by atoms with Crippen molar-refractivity contribution in [3.8, 4) is 12.3 Å². The molecule has 0 amide bonds. The van der Waals surface area contributed by atoms with E-state index < -0.39 is 6.10 Å². The van der Waals surface area contributed by atoms with Crippen molar-refractivity contribution in [2.45, 2.75) is 50.2 Å². The molecular formula is C11H18O2. The molecule has 0 radical (unpaired) electrons. The summed E-state index contributed by atoms with van der Waals surface area (Å²) in [6.45, 7) is 0. The van der Waals surface area contributed by atoms with Gasteiger partial charge in [0.1, 0.15) is 0 Å². The highest BCUT2D eigenvalue weighted by atomic mass is 16.5. The number of aliphatic hydroxyl groups is 1. The van der Waals surface area contributed by atoms with Crippen LogP contribution in [-0.4, -0.2) is 23.9 Å². The van der Waals surface area contributed by atoms with Crippen molar-refractivity contribution in [2.75, 3.05) is 7.11 Å². The van der Waals surface area contributed by atoms with Crippen LogP contribution in [0.5, 0.6) is 0 Å². The highest BCUT2D eigenvalue weighted by Gasteiger charge is 2.40. The SMILES string of the molecule is C#CCCC(O)C1(OC)CCCC1. The first-order valence-corrected chi connectivity index (χ1v) is 4.92. The van der Waals surface area contributed by atoms with Gasteiger partial charge in [0.2, 0.25) is 0 Å². The molecule has 0 aromatic carbocycles. The van der Waals surface area contributed by atoms with Crippen LogP contribution in [0.2, 0.25) is 0 Å². The van der Waals surface area contributed by atoms with Gasteiger partial charge in [-0.1, -0.05) is 12.8 Å². The van der Waals surface area contributed by atoms with Crippen molar-refractivity contribution >= 4 is 0 Å². The van der Waals surface area contributed by atoms with E-state index in [9.17, 15) is 5.11 Å². The highest BCUT2D eigenvalue weighted by molar-refractivity contribution is 4.95. The van der Waals surface area contributed by atoms with Gasteiger partial charge < -0.3 is 9.84 Å². The summed E-state index contributed by atoms with van der Waals surface area (Å²) in [6, 6.07) is 0. The Kier molecular flexibility index (Phi) is 3.77. The fourth-order valence-electron chi connectivity index (χ4n) is 2.13. The zero-order valence-electron chi connectivity index (χ0n) is 8.25. The van der Waals surface area contributed by atoms with Gasteiger partial charge >= 0.3 is 0 Å². The molecule has 0 heterocycles. The second-order valence-electron chi connectivity index (χ2n) is 3.73. The molecule has 74 valence electrons. The summed E-state index contributed by atoms with van der Waals surface area (Å²) in [5.74, 6) is 2.55. The Morgan fingerprint density at radius 2 is 2.15 bits per heavy atom. The molecule has 1 rings (SSSR count). The quantitative estimate of drug-likeness (QED) is 0.671. The molecule has 13 heavy (non-hydrogen) atoms. The molecule has 0 aromatic rings. The number of methoxy groups -OCH3 is 1. The average Bonchev–Trinajstić information content (AvgIpc) is 2.63. The van der Waals surface area contributed by atoms with Crippen LogP contribution in [0.3, 0.4) is 0 Å². The van der Waals surface area contributed by atoms with E-state index >= 15 is 0 Å². The van der Waals surface area contributed by atoms with E-state index in [-0.39, 0.29) is 5.60 Å². The lowest BCUT2D eigenvalue weighted by atomic mass is 9.91. The summed E-state index contributed by atoms with van der Waals surface area (Å²) >= 11 is 0. The van der Waals surface area contributed by atoms with Gasteiger partial charge in [-0.25, -0.2) is 0 Å². The van der Waals surface area contributed by atoms with Crippen molar-refractivity contribution < 1.29 is 9.84 Å². The van der Waals surface area contributed by atoms with Crippen LogP contribution < -0.4 is 0 Å². The standard InChI is InChI=1S/C11H18O2/c1-3-4-7-10(12)11(13-2)8-5-6-9-11/h1,10,12H,4-9H2,2H3. The summed E-state index contributed by atoms with van der Waals surface area (Å²) in [5.41, 5.74) is -0.295. The average molecular weight is 182 g/mol. The summed E-state index contributed by atoms with van der Waals surface area (Å²) < 4.78 is 5.44. The normalized spacial score (nSPS) is 22.5. The largest absolute Gasteiger partial charge is 0.390 e. The van der Waals surface area contributed by atoms with Gasteiger partial charge in [-0.2, -0.15) is 0 Å². The third-order valence-electron chi connectivity index (χ3n) is 3.03. The van der Waals surface area contributed by atoms with Crippen molar-refractivity contribution in [2.24, 2.45) is 0 Å². The summed E-state index contributed by atoms with van der Waals surface area (Å²) in [6.07, 6.45) is 10.3. The Hall–Kier alpha value is -0.520. The molecule has 1 unspecified atom stereocenters. The summed E-state index contributed by atoms with van der Waals surface area (Å²) in [5, 5.41) is 9.91. The van der Waals surface area contributed by atoms with Gasteiger partial charge in [0.05, 0.1) is 11.7 Å². The fourth-order valence-corrected chi connectivity index (χ4v) is 2.13. The van der Waals surface area contributed by atoms with Gasteiger partial charge in [-0.05, 0) is 19.3 Å². The third-order valence-corrected chi connectivity index (χ3v) is 3.03. The molecule has 0 spiro atoms. The Bertz CT molecular complexity index is 187. The summed E-state index contributed by atoms with van der Waals surface area (Å²) in [4.78, 5) is 0. The van der Waals surface area contributed by atoms with E-state index in [1.54, 1.807) is 7.11 Å². The lowest BCUT2D eigenvalue weighted by Crippen LogP contribution is -2.41. The van der Waals surface area contributed by atoms with E-state index in [0.29, 0.717) is 12.8 Å². The molecule has 0 aliphatic heterocycles. The molecule has 1 N–H and O–H groups in total. The molecule has 0 saturated heterocycles. The molecular weight excluding hydrogens is 164 g/mol. The molecule has 0 aromatic heterocycles. The van der Waals surface area contributed by atoms with Crippen molar-refractivity contribution in [1.29, 1.82) is 0 Å². The van der Waals surface area contributed by atoms with Crippen LogP contribution in [0.25, 0.3) is 0 Å². The zero-order valence-corrected chi connectivity index (χ0v) is 8.25. The monoisotopic (exact) mass is 182 g/mol. The number of ether oxygens (including phenoxy) is 1. The molecule has 0 bridgehead atoms. The minimum absolute atomic E-state index is 0.295. The number of aliphatic hydroxyl groups excluding tert-OH is 1. The maximum Gasteiger partial charge on any atom is 0.0936 e. The summed E-state index contributed by atoms with van der Waals surface area (Å²) in [7, 11) is 1.68.